The molecule has 0 atom stereocenters. The summed E-state index contributed by atoms with van der Waals surface area (Å²) < 4.78 is 40.0. The standard InChI is InChI=1S/C19H14F3N5S/c1-28-18-17(27-9-3-2-4-16(27)26-18)14-10-23-11-15(25-14)24-13-7-5-12(6-8-13)19(20,21)22/h2-11H,1H3,(H,24,25). The summed E-state index contributed by atoms with van der Waals surface area (Å²) in [6.45, 7) is 0. The number of fused-ring (bicyclic) bond motifs is 1. The first-order chi connectivity index (χ1) is 13.5. The number of rotatable bonds is 4. The summed E-state index contributed by atoms with van der Waals surface area (Å²) in [5, 5.41) is 3.81. The summed E-state index contributed by atoms with van der Waals surface area (Å²) >= 11 is 1.50. The van der Waals surface area contributed by atoms with Crippen LogP contribution in [0, 0.1) is 0 Å². The van der Waals surface area contributed by atoms with Gasteiger partial charge in [0, 0.05) is 11.9 Å². The molecular weight excluding hydrogens is 387 g/mol. The lowest BCUT2D eigenvalue weighted by atomic mass is 10.2. The van der Waals surface area contributed by atoms with E-state index in [0.717, 1.165) is 28.5 Å². The number of nitrogens with zero attached hydrogens (tertiary/aromatic N) is 4. The molecule has 142 valence electrons. The van der Waals surface area contributed by atoms with Gasteiger partial charge in [0.15, 0.2) is 0 Å². The molecule has 0 aliphatic heterocycles. The lowest BCUT2D eigenvalue weighted by molar-refractivity contribution is -0.137. The zero-order valence-corrected chi connectivity index (χ0v) is 15.4. The van der Waals surface area contributed by atoms with Crippen LogP contribution in [0.25, 0.3) is 17.0 Å². The Hall–Kier alpha value is -3.07. The fourth-order valence-corrected chi connectivity index (χ4v) is 3.36. The molecule has 0 aliphatic carbocycles. The molecule has 0 saturated heterocycles. The first-order valence-corrected chi connectivity index (χ1v) is 9.46. The molecule has 28 heavy (non-hydrogen) atoms. The smallest absolute Gasteiger partial charge is 0.339 e. The summed E-state index contributed by atoms with van der Waals surface area (Å²) in [5.41, 5.74) is 2.01. The van der Waals surface area contributed by atoms with E-state index >= 15 is 0 Å². The average molecular weight is 401 g/mol. The molecule has 4 rings (SSSR count). The predicted molar refractivity (Wildman–Crippen MR) is 103 cm³/mol. The zero-order valence-electron chi connectivity index (χ0n) is 14.6. The van der Waals surface area contributed by atoms with E-state index < -0.39 is 11.7 Å². The van der Waals surface area contributed by atoms with E-state index in [1.54, 1.807) is 6.20 Å². The Balaban J connectivity index is 1.68. The average Bonchev–Trinajstić information content (AvgIpc) is 3.06. The van der Waals surface area contributed by atoms with Gasteiger partial charge < -0.3 is 5.32 Å². The number of alkyl halides is 3. The third-order valence-electron chi connectivity index (χ3n) is 4.05. The number of pyridine rings is 1. The Morgan fingerprint density at radius 3 is 2.50 bits per heavy atom. The van der Waals surface area contributed by atoms with Crippen molar-refractivity contribution >= 4 is 28.9 Å². The molecule has 0 bridgehead atoms. The minimum atomic E-state index is -4.37. The lowest BCUT2D eigenvalue weighted by Gasteiger charge is -2.10. The monoisotopic (exact) mass is 401 g/mol. The van der Waals surface area contributed by atoms with Crippen molar-refractivity contribution in [3.63, 3.8) is 0 Å². The minimum absolute atomic E-state index is 0.426. The SMILES string of the molecule is CSc1nc2ccccn2c1-c1cncc(Nc2ccc(C(F)(F)F)cc2)n1. The number of nitrogens with one attached hydrogen (secondary N) is 1. The normalized spacial score (nSPS) is 11.7. The van der Waals surface area contributed by atoms with Crippen LogP contribution in [0.5, 0.6) is 0 Å². The van der Waals surface area contributed by atoms with Gasteiger partial charge in [-0.2, -0.15) is 13.2 Å². The van der Waals surface area contributed by atoms with E-state index in [2.05, 4.69) is 20.3 Å². The maximum absolute atomic E-state index is 12.7. The quantitative estimate of drug-likeness (QED) is 0.472. The molecule has 3 aromatic heterocycles. The van der Waals surface area contributed by atoms with Crippen molar-refractivity contribution in [3.8, 4) is 11.4 Å². The summed E-state index contributed by atoms with van der Waals surface area (Å²) in [6, 6.07) is 10.5. The van der Waals surface area contributed by atoms with Gasteiger partial charge in [0.1, 0.15) is 27.9 Å². The highest BCUT2D eigenvalue weighted by molar-refractivity contribution is 7.98. The summed E-state index contributed by atoms with van der Waals surface area (Å²) in [5.74, 6) is 0.426. The van der Waals surface area contributed by atoms with Gasteiger partial charge in [-0.3, -0.25) is 9.38 Å². The maximum atomic E-state index is 12.7. The second-order valence-electron chi connectivity index (χ2n) is 5.89. The van der Waals surface area contributed by atoms with Crippen molar-refractivity contribution in [2.45, 2.75) is 11.2 Å². The van der Waals surface area contributed by atoms with Crippen molar-refractivity contribution in [2.24, 2.45) is 0 Å². The molecule has 0 spiro atoms. The molecule has 0 radical (unpaired) electrons. The lowest BCUT2D eigenvalue weighted by Crippen LogP contribution is -2.04. The van der Waals surface area contributed by atoms with Crippen molar-refractivity contribution in [1.82, 2.24) is 19.4 Å². The summed E-state index contributed by atoms with van der Waals surface area (Å²) in [7, 11) is 0. The van der Waals surface area contributed by atoms with E-state index in [-0.39, 0.29) is 0 Å². The highest BCUT2D eigenvalue weighted by Crippen LogP contribution is 2.32. The van der Waals surface area contributed by atoms with Crippen LogP contribution in [0.15, 0.2) is 66.1 Å². The molecule has 3 heterocycles. The van der Waals surface area contributed by atoms with Gasteiger partial charge in [0.25, 0.3) is 0 Å². The van der Waals surface area contributed by atoms with Crippen molar-refractivity contribution in [1.29, 1.82) is 0 Å². The number of imidazole rings is 1. The van der Waals surface area contributed by atoms with Gasteiger partial charge in [-0.1, -0.05) is 6.07 Å². The molecule has 0 amide bonds. The molecule has 0 aliphatic rings. The highest BCUT2D eigenvalue weighted by atomic mass is 32.2. The first kappa shape index (κ1) is 18.3. The van der Waals surface area contributed by atoms with Crippen LogP contribution >= 0.6 is 11.8 Å². The number of thioether (sulfide) groups is 1. The number of aromatic nitrogens is 4. The third kappa shape index (κ3) is 3.53. The number of anilines is 2. The van der Waals surface area contributed by atoms with Crippen LogP contribution in [0.2, 0.25) is 0 Å². The summed E-state index contributed by atoms with van der Waals surface area (Å²) in [4.78, 5) is 13.4. The maximum Gasteiger partial charge on any atom is 0.416 e. The van der Waals surface area contributed by atoms with Gasteiger partial charge >= 0.3 is 6.18 Å². The minimum Gasteiger partial charge on any atom is -0.339 e. The van der Waals surface area contributed by atoms with Crippen LogP contribution in [-0.2, 0) is 6.18 Å². The van der Waals surface area contributed by atoms with Crippen molar-refractivity contribution in [2.75, 3.05) is 11.6 Å². The first-order valence-electron chi connectivity index (χ1n) is 8.23. The summed E-state index contributed by atoms with van der Waals surface area (Å²) in [6.07, 6.45) is 2.62. The van der Waals surface area contributed by atoms with Crippen LogP contribution in [0.1, 0.15) is 5.56 Å². The predicted octanol–water partition coefficient (Wildman–Crippen LogP) is 5.28. The Kier molecular flexibility index (Phi) is 4.68. The van der Waals surface area contributed by atoms with Crippen molar-refractivity contribution in [3.05, 3.63) is 66.6 Å². The van der Waals surface area contributed by atoms with Gasteiger partial charge in [0.05, 0.1) is 18.0 Å². The Morgan fingerprint density at radius 2 is 1.79 bits per heavy atom. The van der Waals surface area contributed by atoms with Crippen LogP contribution in [0.4, 0.5) is 24.7 Å². The number of benzene rings is 1. The Labute approximate surface area is 162 Å². The highest BCUT2D eigenvalue weighted by Gasteiger charge is 2.29. The number of halogens is 3. The van der Waals surface area contributed by atoms with Gasteiger partial charge in [0.2, 0.25) is 0 Å². The van der Waals surface area contributed by atoms with Crippen LogP contribution in [0.3, 0.4) is 0 Å². The van der Waals surface area contributed by atoms with E-state index in [0.29, 0.717) is 17.2 Å². The Morgan fingerprint density at radius 1 is 1.00 bits per heavy atom. The molecule has 5 nitrogen and oxygen atoms in total. The number of hydrogen-bond acceptors (Lipinski definition) is 5. The van der Waals surface area contributed by atoms with Crippen LogP contribution in [-0.4, -0.2) is 25.6 Å². The molecule has 0 fully saturated rings. The molecule has 0 saturated carbocycles. The fraction of sp³-hybridized carbons (Fsp3) is 0.105. The van der Waals surface area contributed by atoms with Gasteiger partial charge in [-0.05, 0) is 42.7 Å². The zero-order chi connectivity index (χ0) is 19.7. The molecule has 4 aromatic rings. The van der Waals surface area contributed by atoms with Crippen molar-refractivity contribution < 1.29 is 13.2 Å². The largest absolute Gasteiger partial charge is 0.416 e. The molecule has 1 N–H and O–H groups in total. The topological polar surface area (TPSA) is 55.1 Å². The van der Waals surface area contributed by atoms with E-state index in [1.165, 1.54) is 30.1 Å². The second kappa shape index (κ2) is 7.16. The van der Waals surface area contributed by atoms with E-state index in [9.17, 15) is 13.2 Å². The molecule has 0 unspecified atom stereocenters. The van der Waals surface area contributed by atoms with Crippen LogP contribution < -0.4 is 5.32 Å². The fourth-order valence-electron chi connectivity index (χ4n) is 2.78. The molecular formula is C19H14F3N5S. The van der Waals surface area contributed by atoms with Gasteiger partial charge in [-0.15, -0.1) is 11.8 Å². The van der Waals surface area contributed by atoms with E-state index in [4.69, 9.17) is 0 Å². The molecule has 1 aromatic carbocycles. The van der Waals surface area contributed by atoms with E-state index in [1.807, 2.05) is 35.1 Å². The Bertz CT molecular complexity index is 1120. The number of hydrogen-bond donors (Lipinski definition) is 1. The molecule has 9 heteroatoms. The second-order valence-corrected chi connectivity index (χ2v) is 6.68. The third-order valence-corrected chi connectivity index (χ3v) is 4.72. The van der Waals surface area contributed by atoms with Gasteiger partial charge in [-0.25, -0.2) is 9.97 Å².